The number of hydrogen-bond acceptors (Lipinski definition) is 0. The SMILES string of the molecule is CCCC1=Cc2c(-c3ccc(C(C)C)cc3)cccc2[CH]1[Zr+2][Si](C)C.[Cl-].[Cl-]. The third-order valence-corrected chi connectivity index (χ3v) is 13.9. The monoisotopic (exact) mass is 493 g/mol. The molecule has 1 aliphatic rings. The Morgan fingerprint density at radius 1 is 1.00 bits per heavy atom. The van der Waals surface area contributed by atoms with E-state index in [1.807, 2.05) is 0 Å². The summed E-state index contributed by atoms with van der Waals surface area (Å²) in [6.45, 7) is 11.9. The average Bonchev–Trinajstić information content (AvgIpc) is 2.92. The maximum atomic E-state index is 2.56. The molecule has 2 aromatic carbocycles. The van der Waals surface area contributed by atoms with Crippen LogP contribution in [0.4, 0.5) is 0 Å². The fourth-order valence-corrected chi connectivity index (χ4v) is 12.6. The minimum atomic E-state index is -0.346. The van der Waals surface area contributed by atoms with E-state index in [2.05, 4.69) is 82.4 Å². The van der Waals surface area contributed by atoms with E-state index in [-0.39, 0.29) is 53.1 Å². The van der Waals surface area contributed by atoms with Crippen LogP contribution in [0.3, 0.4) is 0 Å². The topological polar surface area (TPSA) is 0 Å². The number of hydrogen-bond donors (Lipinski definition) is 0. The summed E-state index contributed by atoms with van der Waals surface area (Å²) in [7, 11) is 0. The molecule has 1 atom stereocenters. The van der Waals surface area contributed by atoms with E-state index in [9.17, 15) is 0 Å². The number of benzene rings is 2. The van der Waals surface area contributed by atoms with Crippen molar-refractivity contribution < 1.29 is 47.2 Å². The Hall–Kier alpha value is -0.140. The predicted octanol–water partition coefficient (Wildman–Crippen LogP) is 1.06. The molecule has 0 nitrogen and oxygen atoms in total. The molecular weight excluding hydrogens is 466 g/mol. The summed E-state index contributed by atoms with van der Waals surface area (Å²) in [4.78, 5) is 0. The van der Waals surface area contributed by atoms with Crippen LogP contribution in [0, 0.1) is 0 Å². The second kappa shape index (κ2) is 11.1. The fourth-order valence-electron chi connectivity index (χ4n) is 3.73. The van der Waals surface area contributed by atoms with E-state index < -0.39 is 0 Å². The number of allylic oxidation sites excluding steroid dienone is 1. The van der Waals surface area contributed by atoms with Gasteiger partial charge >= 0.3 is 167 Å². The molecule has 0 saturated carbocycles. The Morgan fingerprint density at radius 3 is 2.22 bits per heavy atom. The Kier molecular flexibility index (Phi) is 10.3. The Labute approximate surface area is 190 Å². The van der Waals surface area contributed by atoms with Crippen LogP contribution >= 0.6 is 0 Å². The van der Waals surface area contributed by atoms with Gasteiger partial charge in [0.05, 0.1) is 0 Å². The summed E-state index contributed by atoms with van der Waals surface area (Å²) in [5, 5.41) is 0. The van der Waals surface area contributed by atoms with E-state index in [1.54, 1.807) is 11.1 Å². The van der Waals surface area contributed by atoms with E-state index in [0.717, 1.165) is 3.63 Å². The van der Waals surface area contributed by atoms with Crippen molar-refractivity contribution in [2.45, 2.75) is 56.3 Å². The summed E-state index contributed by atoms with van der Waals surface area (Å²) in [5.41, 5.74) is 9.14. The van der Waals surface area contributed by atoms with Gasteiger partial charge in [0.15, 0.2) is 0 Å². The van der Waals surface area contributed by atoms with Crippen LogP contribution in [-0.4, -0.2) is 5.92 Å². The van der Waals surface area contributed by atoms with Crippen molar-refractivity contribution in [2.24, 2.45) is 0 Å². The first-order valence-corrected chi connectivity index (χ1v) is 17.1. The van der Waals surface area contributed by atoms with Crippen molar-refractivity contribution in [1.29, 1.82) is 0 Å². The Morgan fingerprint density at radius 2 is 1.67 bits per heavy atom. The Balaban J connectivity index is 0.00000182. The van der Waals surface area contributed by atoms with Crippen LogP contribution in [0.15, 0.2) is 48.0 Å². The zero-order chi connectivity index (χ0) is 18.0. The molecule has 0 amide bonds. The zero-order valence-corrected chi connectivity index (χ0v) is 21.9. The molecule has 0 N–H and O–H groups in total. The molecule has 0 aliphatic heterocycles. The predicted molar refractivity (Wildman–Crippen MR) is 109 cm³/mol. The smallest absolute Gasteiger partial charge is 1.00 e. The van der Waals surface area contributed by atoms with Gasteiger partial charge in [-0.1, -0.05) is 0 Å². The number of rotatable bonds is 6. The summed E-state index contributed by atoms with van der Waals surface area (Å²) in [6, 6.07) is 16.3. The number of fused-ring (bicyclic) bond motifs is 1. The number of halogens is 2. The standard InChI is InChI=1S/C21H23.C2H6Si.2ClH.Zr/c1-4-6-16-13-19-7-5-8-20(21(19)14-16)18-11-9-17(10-12-18)15(2)3;1-3-2;;;/h5,7-15H,4,6H2,1-3H3;1-2H3;2*1H;/q;;;;+2/p-2. The molecule has 0 heterocycles. The van der Waals surface area contributed by atoms with Gasteiger partial charge in [0, 0.05) is 0 Å². The molecule has 143 valence electrons. The maximum absolute atomic E-state index is 2.56. The van der Waals surface area contributed by atoms with Crippen LogP contribution < -0.4 is 24.8 Å². The maximum Gasteiger partial charge on any atom is -1.00 e. The normalized spacial score (nSPS) is 14.9. The quantitative estimate of drug-likeness (QED) is 0.526. The Bertz CT molecular complexity index is 766. The molecule has 1 unspecified atom stereocenters. The first-order chi connectivity index (χ1) is 12.0. The van der Waals surface area contributed by atoms with E-state index in [0.29, 0.717) is 5.92 Å². The molecule has 0 saturated heterocycles. The van der Waals surface area contributed by atoms with Crippen molar-refractivity contribution in [3.05, 3.63) is 64.7 Å². The summed E-state index contributed by atoms with van der Waals surface area (Å²) in [6.07, 6.45) is 5.10. The fraction of sp³-hybridized carbons (Fsp3) is 0.391. The largest absolute Gasteiger partial charge is 1.00 e. The minimum absolute atomic E-state index is 0. The third-order valence-electron chi connectivity index (χ3n) is 5.01. The molecule has 3 rings (SSSR count). The second-order valence-corrected chi connectivity index (χ2v) is 20.8. The van der Waals surface area contributed by atoms with Crippen LogP contribution in [0.2, 0.25) is 13.1 Å². The van der Waals surface area contributed by atoms with Crippen molar-refractivity contribution in [1.82, 2.24) is 0 Å². The molecule has 0 fully saturated rings. The van der Waals surface area contributed by atoms with E-state index in [4.69, 9.17) is 0 Å². The molecule has 0 bridgehead atoms. The minimum Gasteiger partial charge on any atom is -1.00 e. The van der Waals surface area contributed by atoms with Crippen LogP contribution in [-0.2, 0) is 22.4 Å². The van der Waals surface area contributed by atoms with Gasteiger partial charge in [-0.3, -0.25) is 0 Å². The summed E-state index contributed by atoms with van der Waals surface area (Å²) < 4.78 is 0.831. The second-order valence-electron chi connectivity index (χ2n) is 7.63. The van der Waals surface area contributed by atoms with Gasteiger partial charge in [0.1, 0.15) is 0 Å². The molecule has 0 aromatic heterocycles. The van der Waals surface area contributed by atoms with Crippen LogP contribution in [0.1, 0.15) is 59.8 Å². The van der Waals surface area contributed by atoms with Crippen molar-refractivity contribution in [2.75, 3.05) is 0 Å². The van der Waals surface area contributed by atoms with Crippen LogP contribution in [0.5, 0.6) is 0 Å². The molecule has 1 radical (unpaired) electrons. The van der Waals surface area contributed by atoms with Gasteiger partial charge in [-0.15, -0.1) is 0 Å². The molecule has 27 heavy (non-hydrogen) atoms. The molecular formula is C23H29Cl2SiZr. The molecule has 0 spiro atoms. The van der Waals surface area contributed by atoms with E-state index in [1.165, 1.54) is 35.1 Å². The van der Waals surface area contributed by atoms with Crippen LogP contribution in [0.25, 0.3) is 17.2 Å². The first kappa shape index (κ1) is 24.9. The first-order valence-electron chi connectivity index (χ1n) is 9.51. The van der Waals surface area contributed by atoms with E-state index >= 15 is 0 Å². The van der Waals surface area contributed by atoms with Gasteiger partial charge in [-0.05, 0) is 0 Å². The van der Waals surface area contributed by atoms with Gasteiger partial charge in [0.2, 0.25) is 0 Å². The van der Waals surface area contributed by atoms with Gasteiger partial charge in [-0.25, -0.2) is 0 Å². The zero-order valence-electron chi connectivity index (χ0n) is 16.9. The van der Waals surface area contributed by atoms with Gasteiger partial charge < -0.3 is 24.8 Å². The van der Waals surface area contributed by atoms with Crippen molar-refractivity contribution in [3.8, 4) is 11.1 Å². The van der Waals surface area contributed by atoms with Gasteiger partial charge in [-0.2, -0.15) is 0 Å². The third kappa shape index (κ3) is 5.69. The molecule has 4 heteroatoms. The summed E-state index contributed by atoms with van der Waals surface area (Å²) >= 11 is -0.346. The summed E-state index contributed by atoms with van der Waals surface area (Å²) in [5.74, 6) is 0.523. The average molecular weight is 496 g/mol. The van der Waals surface area contributed by atoms with Crippen molar-refractivity contribution >= 4 is 12.0 Å². The molecule has 1 aliphatic carbocycles. The molecule has 2 aromatic rings. The van der Waals surface area contributed by atoms with Crippen molar-refractivity contribution in [3.63, 3.8) is 0 Å². The van der Waals surface area contributed by atoms with Gasteiger partial charge in [0.25, 0.3) is 0 Å².